The quantitative estimate of drug-likeness (QED) is 0.533. The standard InChI is InChI=1S/C22H19Cl3N4O/c23-14-3-6-16(7-4-14)29-21(17-8-5-15(24)11-18(17)25)27-20(28-29)22(30)26-19-10-12-1-2-13(19)9-12/h3-8,11-13,19H,1-2,9-10H2,(H,26,30). The first kappa shape index (κ1) is 19.9. The van der Waals surface area contributed by atoms with Crippen molar-refractivity contribution in [3.8, 4) is 17.1 Å². The molecule has 2 saturated carbocycles. The predicted octanol–water partition coefficient (Wildman–Crippen LogP) is 5.81. The van der Waals surface area contributed by atoms with Crippen LogP contribution < -0.4 is 5.32 Å². The summed E-state index contributed by atoms with van der Waals surface area (Å²) in [6.07, 6.45) is 4.72. The average Bonchev–Trinajstić information content (AvgIpc) is 3.44. The second-order valence-corrected chi connectivity index (χ2v) is 9.31. The summed E-state index contributed by atoms with van der Waals surface area (Å²) < 4.78 is 1.61. The minimum Gasteiger partial charge on any atom is -0.346 e. The van der Waals surface area contributed by atoms with Crippen molar-refractivity contribution in [2.45, 2.75) is 31.7 Å². The lowest BCUT2D eigenvalue weighted by molar-refractivity contribution is 0.0912. The van der Waals surface area contributed by atoms with Gasteiger partial charge in [0, 0.05) is 21.7 Å². The van der Waals surface area contributed by atoms with Gasteiger partial charge in [-0.1, -0.05) is 41.2 Å². The van der Waals surface area contributed by atoms with Crippen LogP contribution in [0.25, 0.3) is 17.1 Å². The molecule has 0 radical (unpaired) electrons. The average molecular weight is 462 g/mol. The maximum Gasteiger partial charge on any atom is 0.291 e. The first-order chi connectivity index (χ1) is 14.5. The van der Waals surface area contributed by atoms with Gasteiger partial charge >= 0.3 is 0 Å². The molecule has 0 aliphatic heterocycles. The highest BCUT2D eigenvalue weighted by atomic mass is 35.5. The first-order valence-corrected chi connectivity index (χ1v) is 11.1. The van der Waals surface area contributed by atoms with Crippen LogP contribution in [0.4, 0.5) is 0 Å². The van der Waals surface area contributed by atoms with E-state index in [1.165, 1.54) is 19.3 Å². The molecule has 1 N–H and O–H groups in total. The fourth-order valence-electron chi connectivity index (χ4n) is 4.67. The lowest BCUT2D eigenvalue weighted by Gasteiger charge is -2.22. The van der Waals surface area contributed by atoms with E-state index in [0.29, 0.717) is 32.4 Å². The van der Waals surface area contributed by atoms with E-state index < -0.39 is 0 Å². The molecule has 0 saturated heterocycles. The minimum atomic E-state index is -0.258. The number of amides is 1. The molecule has 1 amide bonds. The third-order valence-corrected chi connectivity index (χ3v) is 6.91. The molecule has 2 aliphatic rings. The molecule has 2 aromatic carbocycles. The van der Waals surface area contributed by atoms with Crippen molar-refractivity contribution in [3.05, 3.63) is 63.4 Å². The monoisotopic (exact) mass is 460 g/mol. The van der Waals surface area contributed by atoms with E-state index in [4.69, 9.17) is 34.8 Å². The number of carbonyl (C=O) groups excluding carboxylic acids is 1. The highest BCUT2D eigenvalue weighted by Crippen LogP contribution is 2.44. The summed E-state index contributed by atoms with van der Waals surface area (Å²) in [5, 5.41) is 9.23. The van der Waals surface area contributed by atoms with E-state index >= 15 is 0 Å². The second-order valence-electron chi connectivity index (χ2n) is 8.03. The summed E-state index contributed by atoms with van der Waals surface area (Å²) in [4.78, 5) is 17.5. The zero-order chi connectivity index (χ0) is 20.8. The maximum absolute atomic E-state index is 13.0. The van der Waals surface area contributed by atoms with E-state index in [0.717, 1.165) is 18.0 Å². The molecular formula is C22H19Cl3N4O. The van der Waals surface area contributed by atoms with Gasteiger partial charge in [-0.3, -0.25) is 4.79 Å². The Kier molecular flexibility index (Phi) is 5.21. The van der Waals surface area contributed by atoms with Crippen LogP contribution in [0.1, 0.15) is 36.3 Å². The number of nitrogens with one attached hydrogen (secondary N) is 1. The molecule has 2 bridgehead atoms. The van der Waals surface area contributed by atoms with E-state index in [9.17, 15) is 4.79 Å². The molecule has 3 unspecified atom stereocenters. The molecule has 3 aromatic rings. The van der Waals surface area contributed by atoms with Crippen LogP contribution in [0.2, 0.25) is 15.1 Å². The van der Waals surface area contributed by atoms with Crippen LogP contribution in [-0.4, -0.2) is 26.7 Å². The van der Waals surface area contributed by atoms with Gasteiger partial charge in [-0.25, -0.2) is 9.67 Å². The summed E-state index contributed by atoms with van der Waals surface area (Å²) in [6, 6.07) is 12.5. The molecule has 154 valence electrons. The van der Waals surface area contributed by atoms with Crippen molar-refractivity contribution in [1.29, 1.82) is 0 Å². The molecule has 30 heavy (non-hydrogen) atoms. The van der Waals surface area contributed by atoms with Gasteiger partial charge in [0.05, 0.1) is 10.7 Å². The number of aromatic nitrogens is 3. The number of fused-ring (bicyclic) bond motifs is 2. The van der Waals surface area contributed by atoms with Gasteiger partial charge in [0.2, 0.25) is 5.82 Å². The molecule has 1 heterocycles. The summed E-state index contributed by atoms with van der Waals surface area (Å²) >= 11 is 18.5. The van der Waals surface area contributed by atoms with Crippen molar-refractivity contribution in [1.82, 2.24) is 20.1 Å². The third kappa shape index (κ3) is 3.70. The molecule has 2 aliphatic carbocycles. The Morgan fingerprint density at radius 1 is 1.00 bits per heavy atom. The molecule has 0 spiro atoms. The van der Waals surface area contributed by atoms with Crippen LogP contribution >= 0.6 is 34.8 Å². The lowest BCUT2D eigenvalue weighted by atomic mass is 9.95. The molecule has 8 heteroatoms. The summed E-state index contributed by atoms with van der Waals surface area (Å²) in [7, 11) is 0. The lowest BCUT2D eigenvalue weighted by Crippen LogP contribution is -2.39. The zero-order valence-electron chi connectivity index (χ0n) is 16.0. The summed E-state index contributed by atoms with van der Waals surface area (Å²) in [5.74, 6) is 1.64. The van der Waals surface area contributed by atoms with Crippen LogP contribution in [0.5, 0.6) is 0 Å². The predicted molar refractivity (Wildman–Crippen MR) is 119 cm³/mol. The highest BCUT2D eigenvalue weighted by molar-refractivity contribution is 6.36. The minimum absolute atomic E-state index is 0.119. The number of nitrogens with zero attached hydrogens (tertiary/aromatic N) is 3. The van der Waals surface area contributed by atoms with E-state index in [2.05, 4.69) is 15.4 Å². The van der Waals surface area contributed by atoms with Gasteiger partial charge in [0.15, 0.2) is 5.82 Å². The SMILES string of the molecule is O=C(NC1CC2CCC1C2)c1nc(-c2ccc(Cl)cc2Cl)n(-c2ccc(Cl)cc2)n1. The number of hydrogen-bond acceptors (Lipinski definition) is 3. The fraction of sp³-hybridized carbons (Fsp3) is 0.318. The highest BCUT2D eigenvalue weighted by Gasteiger charge is 2.40. The van der Waals surface area contributed by atoms with E-state index in [-0.39, 0.29) is 17.8 Å². The van der Waals surface area contributed by atoms with Gasteiger partial charge in [0.1, 0.15) is 0 Å². The Hall–Kier alpha value is -2.08. The summed E-state index contributed by atoms with van der Waals surface area (Å²) in [6.45, 7) is 0. The van der Waals surface area contributed by atoms with Crippen LogP contribution in [0.3, 0.4) is 0 Å². The van der Waals surface area contributed by atoms with Crippen LogP contribution in [-0.2, 0) is 0 Å². The van der Waals surface area contributed by atoms with Crippen molar-refractivity contribution in [2.75, 3.05) is 0 Å². The zero-order valence-corrected chi connectivity index (χ0v) is 18.3. The van der Waals surface area contributed by atoms with Gasteiger partial charge in [-0.05, 0) is 73.6 Å². The second kappa shape index (κ2) is 7.88. The van der Waals surface area contributed by atoms with Gasteiger partial charge in [-0.2, -0.15) is 0 Å². The number of benzene rings is 2. The number of carbonyl (C=O) groups is 1. The fourth-order valence-corrected chi connectivity index (χ4v) is 5.29. The Morgan fingerprint density at radius 3 is 2.43 bits per heavy atom. The van der Waals surface area contributed by atoms with Crippen molar-refractivity contribution in [2.24, 2.45) is 11.8 Å². The maximum atomic E-state index is 13.0. The Bertz CT molecular complexity index is 1110. The first-order valence-electron chi connectivity index (χ1n) is 9.97. The van der Waals surface area contributed by atoms with Crippen LogP contribution in [0, 0.1) is 11.8 Å². The van der Waals surface area contributed by atoms with Gasteiger partial charge < -0.3 is 5.32 Å². The molecule has 5 rings (SSSR count). The van der Waals surface area contributed by atoms with Gasteiger partial charge in [-0.15, -0.1) is 5.10 Å². The molecule has 5 nitrogen and oxygen atoms in total. The Labute approximate surface area is 189 Å². The van der Waals surface area contributed by atoms with Crippen molar-refractivity contribution < 1.29 is 4.79 Å². The smallest absolute Gasteiger partial charge is 0.291 e. The topological polar surface area (TPSA) is 59.8 Å². The van der Waals surface area contributed by atoms with Crippen molar-refractivity contribution >= 4 is 40.7 Å². The van der Waals surface area contributed by atoms with Crippen LogP contribution in [0.15, 0.2) is 42.5 Å². The molecule has 2 fully saturated rings. The normalized spacial score (nSPS) is 22.4. The number of hydrogen-bond donors (Lipinski definition) is 1. The molecular weight excluding hydrogens is 443 g/mol. The van der Waals surface area contributed by atoms with Crippen molar-refractivity contribution in [3.63, 3.8) is 0 Å². The Balaban J connectivity index is 1.52. The van der Waals surface area contributed by atoms with E-state index in [1.54, 1.807) is 35.0 Å². The largest absolute Gasteiger partial charge is 0.346 e. The molecule has 1 aromatic heterocycles. The Morgan fingerprint density at radius 2 is 1.77 bits per heavy atom. The summed E-state index contributed by atoms with van der Waals surface area (Å²) in [5.41, 5.74) is 1.37. The molecule has 3 atom stereocenters. The number of halogens is 3. The van der Waals surface area contributed by atoms with Gasteiger partial charge in [0.25, 0.3) is 5.91 Å². The van der Waals surface area contributed by atoms with E-state index in [1.807, 2.05) is 12.1 Å². The number of rotatable bonds is 4. The third-order valence-electron chi connectivity index (χ3n) is 6.11.